The molecule has 2 aliphatic rings. The molecule has 1 saturated heterocycles. The summed E-state index contributed by atoms with van der Waals surface area (Å²) in [5, 5.41) is 0. The number of rotatable bonds is 3. The van der Waals surface area contributed by atoms with Gasteiger partial charge in [0.2, 0.25) is 0 Å². The minimum atomic E-state index is -4.43. The van der Waals surface area contributed by atoms with Gasteiger partial charge in [0.15, 0.2) is 0 Å². The van der Waals surface area contributed by atoms with E-state index in [1.807, 2.05) is 0 Å². The number of nitrogens with one attached hydrogen (secondary N) is 1. The molecule has 1 aromatic carbocycles. The molecule has 0 amide bonds. The van der Waals surface area contributed by atoms with Crippen LogP contribution in [0.3, 0.4) is 0 Å². The molecule has 1 N–H and O–H groups in total. The maximum absolute atomic E-state index is 12.5. The SMILES string of the molecule is O=S(=O)(Nc1ccc(C(F)(F)F)cc1)N1CC12CCCCC2. The van der Waals surface area contributed by atoms with Crippen molar-refractivity contribution < 1.29 is 21.6 Å². The average Bonchev–Trinajstić information content (AvgIpc) is 3.13. The quantitative estimate of drug-likeness (QED) is 0.862. The molecule has 1 aliphatic carbocycles. The number of benzene rings is 1. The van der Waals surface area contributed by atoms with E-state index in [1.165, 1.54) is 4.31 Å². The maximum atomic E-state index is 12.5. The molecule has 2 fully saturated rings. The number of hydrogen-bond acceptors (Lipinski definition) is 2. The van der Waals surface area contributed by atoms with E-state index in [9.17, 15) is 21.6 Å². The van der Waals surface area contributed by atoms with Gasteiger partial charge in [0.05, 0.1) is 11.1 Å². The summed E-state index contributed by atoms with van der Waals surface area (Å²) in [5.41, 5.74) is -0.910. The molecule has 22 heavy (non-hydrogen) atoms. The Kier molecular flexibility index (Phi) is 3.64. The molecule has 122 valence electrons. The predicted octanol–water partition coefficient (Wildman–Crippen LogP) is 3.38. The molecular weight excluding hydrogens is 317 g/mol. The molecule has 4 nitrogen and oxygen atoms in total. The van der Waals surface area contributed by atoms with E-state index in [4.69, 9.17) is 0 Å². The summed E-state index contributed by atoms with van der Waals surface area (Å²) < 4.78 is 65.9. The van der Waals surface area contributed by atoms with Crippen LogP contribution in [0.25, 0.3) is 0 Å². The Morgan fingerprint density at radius 2 is 1.64 bits per heavy atom. The highest BCUT2D eigenvalue weighted by atomic mass is 32.2. The Balaban J connectivity index is 1.70. The summed E-state index contributed by atoms with van der Waals surface area (Å²) in [5.74, 6) is 0. The summed E-state index contributed by atoms with van der Waals surface area (Å²) in [6.45, 7) is 0.503. The van der Waals surface area contributed by atoms with Crippen molar-refractivity contribution >= 4 is 15.9 Å². The van der Waals surface area contributed by atoms with E-state index in [1.54, 1.807) is 0 Å². The molecular formula is C14H17F3N2O2S. The van der Waals surface area contributed by atoms with E-state index in [-0.39, 0.29) is 11.2 Å². The second kappa shape index (κ2) is 5.13. The number of nitrogens with zero attached hydrogens (tertiary/aromatic N) is 1. The van der Waals surface area contributed by atoms with Crippen LogP contribution in [-0.4, -0.2) is 24.8 Å². The van der Waals surface area contributed by atoms with Crippen LogP contribution in [0.1, 0.15) is 37.7 Å². The summed E-state index contributed by atoms with van der Waals surface area (Å²) in [6, 6.07) is 4.02. The minimum absolute atomic E-state index is 0.144. The fraction of sp³-hybridized carbons (Fsp3) is 0.571. The normalized spacial score (nSPS) is 24.2. The van der Waals surface area contributed by atoms with E-state index in [0.717, 1.165) is 56.4 Å². The summed E-state index contributed by atoms with van der Waals surface area (Å²) in [6.07, 6.45) is 0.464. The first-order valence-corrected chi connectivity index (χ1v) is 8.65. The largest absolute Gasteiger partial charge is 0.416 e. The van der Waals surface area contributed by atoms with Gasteiger partial charge in [-0.05, 0) is 37.1 Å². The summed E-state index contributed by atoms with van der Waals surface area (Å²) in [4.78, 5) is 0. The Morgan fingerprint density at radius 1 is 1.05 bits per heavy atom. The third-order valence-electron chi connectivity index (χ3n) is 4.40. The topological polar surface area (TPSA) is 49.2 Å². The molecule has 0 radical (unpaired) electrons. The van der Waals surface area contributed by atoms with Crippen molar-refractivity contribution in [3.63, 3.8) is 0 Å². The lowest BCUT2D eigenvalue weighted by Crippen LogP contribution is -2.30. The monoisotopic (exact) mass is 334 g/mol. The summed E-state index contributed by atoms with van der Waals surface area (Å²) in [7, 11) is -3.69. The van der Waals surface area contributed by atoms with E-state index >= 15 is 0 Å². The molecule has 3 rings (SSSR count). The first-order chi connectivity index (χ1) is 10.2. The van der Waals surface area contributed by atoms with E-state index < -0.39 is 21.9 Å². The fourth-order valence-corrected chi connectivity index (χ4v) is 4.77. The predicted molar refractivity (Wildman–Crippen MR) is 76.5 cm³/mol. The zero-order valence-corrected chi connectivity index (χ0v) is 12.7. The van der Waals surface area contributed by atoms with Crippen LogP contribution in [-0.2, 0) is 16.4 Å². The van der Waals surface area contributed by atoms with Crippen molar-refractivity contribution in [2.24, 2.45) is 0 Å². The molecule has 8 heteroatoms. The highest BCUT2D eigenvalue weighted by Crippen LogP contribution is 2.47. The van der Waals surface area contributed by atoms with Crippen molar-refractivity contribution in [3.8, 4) is 0 Å². The first kappa shape index (κ1) is 15.6. The zero-order chi connectivity index (χ0) is 16.0. The first-order valence-electron chi connectivity index (χ1n) is 7.21. The van der Waals surface area contributed by atoms with Crippen LogP contribution in [0.2, 0.25) is 0 Å². The Morgan fingerprint density at radius 3 is 2.18 bits per heavy atom. The van der Waals surface area contributed by atoms with Gasteiger partial charge in [-0.25, -0.2) is 0 Å². The van der Waals surface area contributed by atoms with E-state index in [2.05, 4.69) is 4.72 Å². The van der Waals surface area contributed by atoms with Gasteiger partial charge < -0.3 is 0 Å². The van der Waals surface area contributed by atoms with Gasteiger partial charge in [0.1, 0.15) is 0 Å². The number of hydrogen-bond donors (Lipinski definition) is 1. The second-order valence-electron chi connectivity index (χ2n) is 5.97. The smallest absolute Gasteiger partial charge is 0.271 e. The average molecular weight is 334 g/mol. The third-order valence-corrected chi connectivity index (χ3v) is 5.99. The Hall–Kier alpha value is -1.28. The number of alkyl halides is 3. The van der Waals surface area contributed by atoms with Gasteiger partial charge in [-0.1, -0.05) is 19.3 Å². The molecule has 0 bridgehead atoms. The van der Waals surface area contributed by atoms with Crippen LogP contribution in [0.4, 0.5) is 18.9 Å². The van der Waals surface area contributed by atoms with Crippen molar-refractivity contribution in [2.45, 2.75) is 43.8 Å². The minimum Gasteiger partial charge on any atom is -0.271 e. The molecule has 1 saturated carbocycles. The molecule has 1 spiro atoms. The lowest BCUT2D eigenvalue weighted by Gasteiger charge is -2.22. The molecule has 1 atom stereocenters. The van der Waals surface area contributed by atoms with Crippen molar-refractivity contribution in [1.29, 1.82) is 0 Å². The third kappa shape index (κ3) is 2.94. The Labute approximate surface area is 127 Å². The molecule has 1 aromatic rings. The van der Waals surface area contributed by atoms with Crippen molar-refractivity contribution in [3.05, 3.63) is 29.8 Å². The van der Waals surface area contributed by atoms with Gasteiger partial charge in [-0.2, -0.15) is 25.9 Å². The van der Waals surface area contributed by atoms with Gasteiger partial charge in [0, 0.05) is 12.2 Å². The van der Waals surface area contributed by atoms with Gasteiger partial charge >= 0.3 is 16.4 Å². The van der Waals surface area contributed by atoms with Gasteiger partial charge in [0.25, 0.3) is 0 Å². The van der Waals surface area contributed by atoms with Crippen LogP contribution >= 0.6 is 0 Å². The van der Waals surface area contributed by atoms with Gasteiger partial charge in [-0.15, -0.1) is 0 Å². The lowest BCUT2D eigenvalue weighted by atomic mass is 9.89. The fourth-order valence-electron chi connectivity index (χ4n) is 3.12. The lowest BCUT2D eigenvalue weighted by molar-refractivity contribution is -0.137. The highest BCUT2D eigenvalue weighted by molar-refractivity contribution is 7.90. The Bertz CT molecular complexity index is 650. The van der Waals surface area contributed by atoms with E-state index in [0.29, 0.717) is 6.54 Å². The van der Waals surface area contributed by atoms with Gasteiger partial charge in [-0.3, -0.25) is 4.72 Å². The van der Waals surface area contributed by atoms with Crippen molar-refractivity contribution in [1.82, 2.24) is 4.31 Å². The van der Waals surface area contributed by atoms with Crippen LogP contribution in [0, 0.1) is 0 Å². The molecule has 1 aliphatic heterocycles. The molecule has 1 unspecified atom stereocenters. The number of halogens is 3. The standard InChI is InChI=1S/C14H17F3N2O2S/c15-14(16,17)11-4-6-12(7-5-11)18-22(20,21)19-10-13(19)8-2-1-3-9-13/h4-7,18H,1-3,8-10H2. The zero-order valence-electron chi connectivity index (χ0n) is 11.9. The maximum Gasteiger partial charge on any atom is 0.416 e. The molecule has 0 aromatic heterocycles. The van der Waals surface area contributed by atoms with Crippen LogP contribution < -0.4 is 4.72 Å². The molecule has 1 heterocycles. The highest BCUT2D eigenvalue weighted by Gasteiger charge is 2.58. The van der Waals surface area contributed by atoms with Crippen LogP contribution in [0.15, 0.2) is 24.3 Å². The van der Waals surface area contributed by atoms with Crippen LogP contribution in [0.5, 0.6) is 0 Å². The summed E-state index contributed by atoms with van der Waals surface area (Å²) >= 11 is 0. The number of anilines is 1. The second-order valence-corrected chi connectivity index (χ2v) is 7.57. The van der Waals surface area contributed by atoms with Crippen molar-refractivity contribution in [2.75, 3.05) is 11.3 Å².